The van der Waals surface area contributed by atoms with Crippen molar-refractivity contribution in [3.05, 3.63) is 36.4 Å². The number of benzene rings is 1. The molecule has 0 spiro atoms. The Morgan fingerprint density at radius 3 is 2.70 bits per heavy atom. The number of nitrogens with one attached hydrogen (secondary N) is 1. The van der Waals surface area contributed by atoms with Gasteiger partial charge >= 0.3 is 0 Å². The summed E-state index contributed by atoms with van der Waals surface area (Å²) >= 11 is 0. The van der Waals surface area contributed by atoms with E-state index in [-0.39, 0.29) is 13.2 Å². The Morgan fingerprint density at radius 2 is 2.00 bits per heavy atom. The molecule has 1 aromatic heterocycles. The summed E-state index contributed by atoms with van der Waals surface area (Å²) in [4.78, 5) is 8.85. The van der Waals surface area contributed by atoms with Crippen molar-refractivity contribution in [1.29, 1.82) is 0 Å². The van der Waals surface area contributed by atoms with E-state index < -0.39 is 0 Å². The maximum Gasteiger partial charge on any atom is 0.219 e. The highest BCUT2D eigenvalue weighted by atomic mass is 16.5. The average molecular weight is 273 g/mol. The van der Waals surface area contributed by atoms with Gasteiger partial charge in [0, 0.05) is 18.2 Å². The minimum atomic E-state index is -0.0393. The van der Waals surface area contributed by atoms with Crippen LogP contribution in [0.2, 0.25) is 0 Å². The van der Waals surface area contributed by atoms with Gasteiger partial charge in [0.1, 0.15) is 12.4 Å². The normalized spacial score (nSPS) is 10.3. The Balaban J connectivity index is 2.29. The monoisotopic (exact) mass is 273 g/mol. The molecule has 20 heavy (non-hydrogen) atoms. The number of aliphatic hydroxyl groups excluding tert-OH is 1. The predicted molar refractivity (Wildman–Crippen MR) is 78.8 cm³/mol. The van der Waals surface area contributed by atoms with Gasteiger partial charge in [-0.1, -0.05) is 37.3 Å². The summed E-state index contributed by atoms with van der Waals surface area (Å²) in [6.07, 6.45) is 1.01. The van der Waals surface area contributed by atoms with Gasteiger partial charge in [-0.15, -0.1) is 0 Å². The SMILES string of the molecule is CCCNc1cc(OCCO)nc(-c2ccccc2)n1. The molecule has 0 fully saturated rings. The smallest absolute Gasteiger partial charge is 0.219 e. The van der Waals surface area contributed by atoms with Crippen LogP contribution < -0.4 is 10.1 Å². The second-order valence-electron chi connectivity index (χ2n) is 4.28. The highest BCUT2D eigenvalue weighted by Gasteiger charge is 2.07. The Morgan fingerprint density at radius 1 is 1.20 bits per heavy atom. The Kier molecular flexibility index (Phi) is 5.32. The number of anilines is 1. The van der Waals surface area contributed by atoms with Gasteiger partial charge in [0.2, 0.25) is 5.88 Å². The lowest BCUT2D eigenvalue weighted by Crippen LogP contribution is -2.07. The number of aromatic nitrogens is 2. The van der Waals surface area contributed by atoms with Crippen molar-refractivity contribution in [1.82, 2.24) is 9.97 Å². The van der Waals surface area contributed by atoms with Crippen LogP contribution in [-0.2, 0) is 0 Å². The van der Waals surface area contributed by atoms with Crippen molar-refractivity contribution in [3.63, 3.8) is 0 Å². The van der Waals surface area contributed by atoms with Gasteiger partial charge in [0.25, 0.3) is 0 Å². The lowest BCUT2D eigenvalue weighted by molar-refractivity contribution is 0.196. The third-order valence-electron chi connectivity index (χ3n) is 2.63. The minimum absolute atomic E-state index is 0.0393. The number of ether oxygens (including phenoxy) is 1. The molecule has 5 nitrogen and oxygen atoms in total. The minimum Gasteiger partial charge on any atom is -0.475 e. The molecule has 0 atom stereocenters. The highest BCUT2D eigenvalue weighted by Crippen LogP contribution is 2.21. The summed E-state index contributed by atoms with van der Waals surface area (Å²) in [7, 11) is 0. The molecule has 0 amide bonds. The molecule has 1 aromatic carbocycles. The first-order valence-electron chi connectivity index (χ1n) is 6.75. The fourth-order valence-corrected chi connectivity index (χ4v) is 1.71. The fraction of sp³-hybridized carbons (Fsp3) is 0.333. The zero-order valence-corrected chi connectivity index (χ0v) is 11.5. The van der Waals surface area contributed by atoms with E-state index in [1.165, 1.54) is 0 Å². The predicted octanol–water partition coefficient (Wildman–Crippen LogP) is 2.34. The van der Waals surface area contributed by atoms with E-state index in [1.54, 1.807) is 6.07 Å². The molecule has 2 N–H and O–H groups in total. The number of rotatable bonds is 7. The van der Waals surface area contributed by atoms with Gasteiger partial charge in [0.05, 0.1) is 6.61 Å². The van der Waals surface area contributed by atoms with E-state index in [1.807, 2.05) is 30.3 Å². The molecule has 0 aliphatic carbocycles. The van der Waals surface area contributed by atoms with Crippen molar-refractivity contribution < 1.29 is 9.84 Å². The first-order valence-corrected chi connectivity index (χ1v) is 6.75. The first-order chi connectivity index (χ1) is 9.83. The zero-order valence-electron chi connectivity index (χ0n) is 11.5. The molecule has 0 bridgehead atoms. The van der Waals surface area contributed by atoms with Crippen molar-refractivity contribution in [2.45, 2.75) is 13.3 Å². The Hall–Kier alpha value is -2.14. The van der Waals surface area contributed by atoms with Crippen LogP contribution in [0.5, 0.6) is 5.88 Å². The molecule has 2 aromatic rings. The Labute approximate surface area is 118 Å². The van der Waals surface area contributed by atoms with E-state index in [0.29, 0.717) is 11.7 Å². The molecule has 0 radical (unpaired) electrons. The van der Waals surface area contributed by atoms with Crippen LogP contribution in [0.15, 0.2) is 36.4 Å². The fourth-order valence-electron chi connectivity index (χ4n) is 1.71. The second kappa shape index (κ2) is 7.45. The highest BCUT2D eigenvalue weighted by molar-refractivity contribution is 5.58. The molecule has 1 heterocycles. The van der Waals surface area contributed by atoms with Gasteiger partial charge in [-0.25, -0.2) is 4.98 Å². The van der Waals surface area contributed by atoms with Crippen LogP contribution in [0, 0.1) is 0 Å². The summed E-state index contributed by atoms with van der Waals surface area (Å²) in [5.41, 5.74) is 0.932. The quantitative estimate of drug-likeness (QED) is 0.810. The van der Waals surface area contributed by atoms with Gasteiger partial charge in [-0.2, -0.15) is 4.98 Å². The molecule has 0 saturated carbocycles. The lowest BCUT2D eigenvalue weighted by Gasteiger charge is -2.10. The lowest BCUT2D eigenvalue weighted by atomic mass is 10.2. The number of hydrogen-bond acceptors (Lipinski definition) is 5. The van der Waals surface area contributed by atoms with Crippen molar-refractivity contribution in [3.8, 4) is 17.3 Å². The summed E-state index contributed by atoms with van der Waals surface area (Å²) in [5, 5.41) is 12.1. The molecular formula is C15H19N3O2. The summed E-state index contributed by atoms with van der Waals surface area (Å²) < 4.78 is 5.40. The number of aliphatic hydroxyl groups is 1. The van der Waals surface area contributed by atoms with Gasteiger partial charge < -0.3 is 15.2 Å². The molecule has 0 aliphatic heterocycles. The maximum absolute atomic E-state index is 8.84. The Bertz CT molecular complexity index is 506. The zero-order chi connectivity index (χ0) is 14.2. The molecule has 0 saturated heterocycles. The molecule has 2 rings (SSSR count). The maximum atomic E-state index is 8.84. The third-order valence-corrected chi connectivity index (χ3v) is 2.63. The van der Waals surface area contributed by atoms with E-state index >= 15 is 0 Å². The summed E-state index contributed by atoms with van der Waals surface area (Å²) in [6.45, 7) is 3.11. The van der Waals surface area contributed by atoms with E-state index in [0.717, 1.165) is 24.3 Å². The van der Waals surface area contributed by atoms with Crippen LogP contribution in [0.1, 0.15) is 13.3 Å². The van der Waals surface area contributed by atoms with Crippen LogP contribution in [0.4, 0.5) is 5.82 Å². The first kappa shape index (κ1) is 14.3. The van der Waals surface area contributed by atoms with Crippen molar-refractivity contribution in [2.75, 3.05) is 25.1 Å². The number of hydrogen-bond donors (Lipinski definition) is 2. The second-order valence-corrected chi connectivity index (χ2v) is 4.28. The topological polar surface area (TPSA) is 67.3 Å². The van der Waals surface area contributed by atoms with Crippen LogP contribution in [0.3, 0.4) is 0 Å². The standard InChI is InChI=1S/C15H19N3O2/c1-2-8-16-13-11-14(20-10-9-19)18-15(17-13)12-6-4-3-5-7-12/h3-7,11,19H,2,8-10H2,1H3,(H,16,17,18). The van der Waals surface area contributed by atoms with Gasteiger partial charge in [0.15, 0.2) is 5.82 Å². The summed E-state index contributed by atoms with van der Waals surface area (Å²) in [6, 6.07) is 11.5. The summed E-state index contributed by atoms with van der Waals surface area (Å²) in [5.74, 6) is 1.81. The number of nitrogens with zero attached hydrogens (tertiary/aromatic N) is 2. The molecule has 106 valence electrons. The van der Waals surface area contributed by atoms with E-state index in [4.69, 9.17) is 9.84 Å². The molecule has 0 unspecified atom stereocenters. The molecular weight excluding hydrogens is 254 g/mol. The van der Waals surface area contributed by atoms with Gasteiger partial charge in [-0.3, -0.25) is 0 Å². The van der Waals surface area contributed by atoms with Crippen LogP contribution >= 0.6 is 0 Å². The largest absolute Gasteiger partial charge is 0.475 e. The van der Waals surface area contributed by atoms with Crippen molar-refractivity contribution in [2.24, 2.45) is 0 Å². The van der Waals surface area contributed by atoms with E-state index in [2.05, 4.69) is 22.2 Å². The molecule has 5 heteroatoms. The average Bonchev–Trinajstić information content (AvgIpc) is 2.51. The van der Waals surface area contributed by atoms with E-state index in [9.17, 15) is 0 Å². The van der Waals surface area contributed by atoms with Crippen molar-refractivity contribution >= 4 is 5.82 Å². The molecule has 0 aliphatic rings. The third kappa shape index (κ3) is 3.93. The van der Waals surface area contributed by atoms with Gasteiger partial charge in [-0.05, 0) is 6.42 Å². The van der Waals surface area contributed by atoms with Crippen LogP contribution in [0.25, 0.3) is 11.4 Å². The van der Waals surface area contributed by atoms with Crippen LogP contribution in [-0.4, -0.2) is 34.8 Å².